The van der Waals surface area contributed by atoms with Crippen molar-refractivity contribution in [3.8, 4) is 0 Å². The predicted molar refractivity (Wildman–Crippen MR) is 57.0 cm³/mol. The molecule has 1 aromatic rings. The summed E-state index contributed by atoms with van der Waals surface area (Å²) >= 11 is 0. The number of rotatable bonds is 2. The number of halogens is 3. The second-order valence-electron chi connectivity index (χ2n) is 3.83. The van der Waals surface area contributed by atoms with Gasteiger partial charge in [-0.05, 0) is 24.5 Å². The molecule has 0 spiro atoms. The fraction of sp³-hybridized carbons (Fsp3) is 0.231. The maximum atomic E-state index is 12.5. The molecule has 0 heterocycles. The SMILES string of the molecule is FC(F)(F)c1cccc(CC2=CC=CC2)c1. The Bertz CT molecular complexity index is 439. The van der Waals surface area contributed by atoms with Gasteiger partial charge in [0.05, 0.1) is 5.56 Å². The van der Waals surface area contributed by atoms with E-state index in [1.54, 1.807) is 6.07 Å². The fourth-order valence-corrected chi connectivity index (χ4v) is 1.74. The van der Waals surface area contributed by atoms with E-state index in [4.69, 9.17) is 0 Å². The van der Waals surface area contributed by atoms with Crippen molar-refractivity contribution >= 4 is 0 Å². The lowest BCUT2D eigenvalue weighted by Gasteiger charge is -2.09. The normalized spacial score (nSPS) is 15.3. The van der Waals surface area contributed by atoms with E-state index in [0.717, 1.165) is 18.1 Å². The molecule has 0 saturated heterocycles. The van der Waals surface area contributed by atoms with Crippen LogP contribution in [0.1, 0.15) is 17.5 Å². The Labute approximate surface area is 92.1 Å². The van der Waals surface area contributed by atoms with Crippen molar-refractivity contribution in [1.29, 1.82) is 0 Å². The van der Waals surface area contributed by atoms with Crippen molar-refractivity contribution in [2.45, 2.75) is 19.0 Å². The summed E-state index contributed by atoms with van der Waals surface area (Å²) in [5, 5.41) is 0. The molecule has 16 heavy (non-hydrogen) atoms. The standard InChI is InChI=1S/C13H11F3/c14-13(15,16)12-7-3-6-11(9-12)8-10-4-1-2-5-10/h1-4,6-7,9H,5,8H2. The molecule has 0 atom stereocenters. The first-order chi connectivity index (χ1) is 7.55. The average molecular weight is 224 g/mol. The van der Waals surface area contributed by atoms with Crippen LogP contribution in [0.5, 0.6) is 0 Å². The monoisotopic (exact) mass is 224 g/mol. The Hall–Kier alpha value is -1.51. The van der Waals surface area contributed by atoms with Crippen LogP contribution in [-0.2, 0) is 12.6 Å². The third kappa shape index (κ3) is 2.54. The highest BCUT2D eigenvalue weighted by Gasteiger charge is 2.30. The fourth-order valence-electron chi connectivity index (χ4n) is 1.74. The van der Waals surface area contributed by atoms with E-state index in [2.05, 4.69) is 0 Å². The molecule has 0 saturated carbocycles. The molecule has 1 aliphatic carbocycles. The number of hydrogen-bond acceptors (Lipinski definition) is 0. The van der Waals surface area contributed by atoms with Crippen LogP contribution < -0.4 is 0 Å². The largest absolute Gasteiger partial charge is 0.416 e. The first-order valence-corrected chi connectivity index (χ1v) is 5.06. The number of hydrogen-bond donors (Lipinski definition) is 0. The molecule has 0 radical (unpaired) electrons. The van der Waals surface area contributed by atoms with Gasteiger partial charge < -0.3 is 0 Å². The van der Waals surface area contributed by atoms with Gasteiger partial charge in [0.25, 0.3) is 0 Å². The van der Waals surface area contributed by atoms with Gasteiger partial charge in [0.1, 0.15) is 0 Å². The van der Waals surface area contributed by atoms with Crippen LogP contribution >= 0.6 is 0 Å². The molecule has 0 aromatic heterocycles. The summed E-state index contributed by atoms with van der Waals surface area (Å²) in [6.45, 7) is 0. The summed E-state index contributed by atoms with van der Waals surface area (Å²) in [6, 6.07) is 5.51. The van der Waals surface area contributed by atoms with Gasteiger partial charge in [-0.3, -0.25) is 0 Å². The Morgan fingerprint density at radius 2 is 2.00 bits per heavy atom. The topological polar surface area (TPSA) is 0 Å². The summed E-state index contributed by atoms with van der Waals surface area (Å²) in [7, 11) is 0. The summed E-state index contributed by atoms with van der Waals surface area (Å²) < 4.78 is 37.4. The van der Waals surface area contributed by atoms with E-state index >= 15 is 0 Å². The zero-order chi connectivity index (χ0) is 11.6. The van der Waals surface area contributed by atoms with E-state index < -0.39 is 11.7 Å². The Morgan fingerprint density at radius 1 is 1.19 bits per heavy atom. The number of allylic oxidation sites excluding steroid dienone is 4. The highest BCUT2D eigenvalue weighted by atomic mass is 19.4. The van der Waals surface area contributed by atoms with E-state index in [1.165, 1.54) is 12.1 Å². The summed E-state index contributed by atoms with van der Waals surface area (Å²) in [5.74, 6) is 0. The van der Waals surface area contributed by atoms with Crippen molar-refractivity contribution in [2.75, 3.05) is 0 Å². The zero-order valence-corrected chi connectivity index (χ0v) is 8.59. The van der Waals surface area contributed by atoms with E-state index in [-0.39, 0.29) is 0 Å². The molecule has 0 fully saturated rings. The molecule has 2 rings (SSSR count). The molecule has 0 unspecified atom stereocenters. The van der Waals surface area contributed by atoms with Gasteiger partial charge >= 0.3 is 6.18 Å². The first-order valence-electron chi connectivity index (χ1n) is 5.06. The molecule has 0 nitrogen and oxygen atoms in total. The van der Waals surface area contributed by atoms with Gasteiger partial charge in [0.2, 0.25) is 0 Å². The molecule has 0 aliphatic heterocycles. The Morgan fingerprint density at radius 3 is 2.62 bits per heavy atom. The lowest BCUT2D eigenvalue weighted by Crippen LogP contribution is -2.05. The molecule has 3 heteroatoms. The molecule has 84 valence electrons. The van der Waals surface area contributed by atoms with Gasteiger partial charge in [-0.15, -0.1) is 0 Å². The lowest BCUT2D eigenvalue weighted by molar-refractivity contribution is -0.137. The summed E-state index contributed by atoms with van der Waals surface area (Å²) in [5.41, 5.74) is 1.29. The average Bonchev–Trinajstić information content (AvgIpc) is 2.70. The van der Waals surface area contributed by atoms with E-state index in [9.17, 15) is 13.2 Å². The van der Waals surface area contributed by atoms with Crippen LogP contribution in [0.3, 0.4) is 0 Å². The highest BCUT2D eigenvalue weighted by molar-refractivity contribution is 5.32. The third-order valence-electron chi connectivity index (χ3n) is 2.53. The van der Waals surface area contributed by atoms with Gasteiger partial charge in [0, 0.05) is 0 Å². The predicted octanol–water partition coefficient (Wildman–Crippen LogP) is 4.13. The second-order valence-corrected chi connectivity index (χ2v) is 3.83. The van der Waals surface area contributed by atoms with Crippen LogP contribution in [0.4, 0.5) is 13.2 Å². The van der Waals surface area contributed by atoms with Crippen LogP contribution in [0.15, 0.2) is 48.1 Å². The number of benzene rings is 1. The van der Waals surface area contributed by atoms with Crippen molar-refractivity contribution in [3.63, 3.8) is 0 Å². The van der Waals surface area contributed by atoms with Crippen molar-refractivity contribution in [3.05, 3.63) is 59.2 Å². The molecular formula is C13H11F3. The summed E-state index contributed by atoms with van der Waals surface area (Å²) in [4.78, 5) is 0. The Balaban J connectivity index is 2.16. The van der Waals surface area contributed by atoms with Gasteiger partial charge in [-0.2, -0.15) is 13.2 Å². The van der Waals surface area contributed by atoms with Crippen molar-refractivity contribution < 1.29 is 13.2 Å². The summed E-state index contributed by atoms with van der Waals surface area (Å²) in [6.07, 6.45) is 3.08. The minimum absolute atomic E-state index is 0.573. The maximum Gasteiger partial charge on any atom is 0.416 e. The molecule has 0 bridgehead atoms. The minimum atomic E-state index is -4.25. The van der Waals surface area contributed by atoms with Crippen LogP contribution in [0, 0.1) is 0 Å². The van der Waals surface area contributed by atoms with Crippen molar-refractivity contribution in [1.82, 2.24) is 0 Å². The zero-order valence-electron chi connectivity index (χ0n) is 8.59. The van der Waals surface area contributed by atoms with Gasteiger partial charge in [-0.1, -0.05) is 42.0 Å². The molecule has 0 N–H and O–H groups in total. The van der Waals surface area contributed by atoms with Crippen LogP contribution in [-0.4, -0.2) is 0 Å². The molecule has 0 amide bonds. The smallest absolute Gasteiger partial charge is 0.166 e. The van der Waals surface area contributed by atoms with E-state index in [0.29, 0.717) is 12.0 Å². The lowest BCUT2D eigenvalue weighted by atomic mass is 10.0. The second kappa shape index (κ2) is 4.16. The molecular weight excluding hydrogens is 213 g/mol. The van der Waals surface area contributed by atoms with Gasteiger partial charge in [-0.25, -0.2) is 0 Å². The number of alkyl halides is 3. The molecule has 1 aromatic carbocycles. The van der Waals surface area contributed by atoms with Crippen LogP contribution in [0.25, 0.3) is 0 Å². The first kappa shape index (κ1) is 11.0. The molecule has 1 aliphatic rings. The van der Waals surface area contributed by atoms with Gasteiger partial charge in [0.15, 0.2) is 0 Å². The Kier molecular flexibility index (Phi) is 2.86. The maximum absolute atomic E-state index is 12.5. The van der Waals surface area contributed by atoms with Crippen molar-refractivity contribution in [2.24, 2.45) is 0 Å². The quantitative estimate of drug-likeness (QED) is 0.708. The minimum Gasteiger partial charge on any atom is -0.166 e. The third-order valence-corrected chi connectivity index (χ3v) is 2.53. The van der Waals surface area contributed by atoms with Crippen LogP contribution in [0.2, 0.25) is 0 Å². The van der Waals surface area contributed by atoms with E-state index in [1.807, 2.05) is 18.2 Å². The highest BCUT2D eigenvalue weighted by Crippen LogP contribution is 2.30.